The molecule has 0 saturated heterocycles. The molecule has 0 heterocycles. The molecule has 0 aromatic rings. The van der Waals surface area contributed by atoms with Gasteiger partial charge >= 0.3 is 0 Å². The lowest BCUT2D eigenvalue weighted by molar-refractivity contribution is 0.827. The zero-order valence-electron chi connectivity index (χ0n) is 5.62. The van der Waals surface area contributed by atoms with Crippen molar-refractivity contribution < 1.29 is 0 Å². The Labute approximate surface area is 54.4 Å². The summed E-state index contributed by atoms with van der Waals surface area (Å²) in [6.07, 6.45) is 3.53. The Bertz CT molecular complexity index is 90.4. The van der Waals surface area contributed by atoms with Crippen LogP contribution in [0.15, 0.2) is 0 Å². The van der Waals surface area contributed by atoms with Gasteiger partial charge in [-0.2, -0.15) is 0 Å². The number of unbranched alkanes of at least 4 members (excludes halogenated alkanes) is 2. The highest BCUT2D eigenvalue weighted by molar-refractivity contribution is 6.05. The van der Waals surface area contributed by atoms with Gasteiger partial charge in [-0.1, -0.05) is 19.3 Å². The fourth-order valence-corrected chi connectivity index (χ4v) is 0.593. The van der Waals surface area contributed by atoms with Gasteiger partial charge in [0, 0.05) is 6.42 Å². The zero-order chi connectivity index (χ0) is 6.24. The molecule has 0 aliphatic rings. The normalized spacial score (nSPS) is 7.62. The van der Waals surface area contributed by atoms with E-state index in [0.717, 1.165) is 16.8 Å². The van der Waals surface area contributed by atoms with E-state index in [1.165, 1.54) is 12.8 Å². The molecule has 0 saturated carbocycles. The Balaban J connectivity index is 2.90. The summed E-state index contributed by atoms with van der Waals surface area (Å²) in [7, 11) is 0.984. The first-order valence-corrected chi connectivity index (χ1v) is 4.06. The van der Waals surface area contributed by atoms with Gasteiger partial charge in [0.05, 0.1) is 0 Å². The first kappa shape index (κ1) is 7.58. The zero-order valence-corrected chi connectivity index (χ0v) is 7.62. The molecule has 1 N–H and O–H groups in total. The van der Waals surface area contributed by atoms with E-state index in [2.05, 4.69) is 23.9 Å². The van der Waals surface area contributed by atoms with E-state index in [0.29, 0.717) is 0 Å². The van der Waals surface area contributed by atoms with Crippen molar-refractivity contribution >= 4 is 10.4 Å². The third-order valence-electron chi connectivity index (χ3n) is 0.869. The number of hydrogen-bond acceptors (Lipinski definition) is 1. The summed E-state index contributed by atoms with van der Waals surface area (Å²) < 4.78 is 0. The molecular weight excluding hydrogens is 114 g/mol. The van der Waals surface area contributed by atoms with E-state index in [-0.39, 0.29) is 0 Å². The van der Waals surface area contributed by atoms with Gasteiger partial charge in [0.1, 0.15) is 10.4 Å². The minimum absolute atomic E-state index is 0.984. The van der Waals surface area contributed by atoms with Gasteiger partial charge in [0.2, 0.25) is 0 Å². The van der Waals surface area contributed by atoms with Crippen molar-refractivity contribution in [3.8, 4) is 12.0 Å². The van der Waals surface area contributed by atoms with Gasteiger partial charge in [0.25, 0.3) is 0 Å². The van der Waals surface area contributed by atoms with Gasteiger partial charge in [-0.3, -0.25) is 0 Å². The van der Waals surface area contributed by atoms with Gasteiger partial charge in [-0.25, -0.2) is 0 Å². The minimum Gasteiger partial charge on any atom is -0.380 e. The lowest BCUT2D eigenvalue weighted by Crippen LogP contribution is -1.94. The van der Waals surface area contributed by atoms with E-state index in [1.54, 1.807) is 0 Å². The standard InChI is InChI=1S/C6H13NSi/c1-2-3-4-5-6-7-8/h7H,2-4H2,1,8H3. The van der Waals surface area contributed by atoms with Crippen molar-refractivity contribution in [3.05, 3.63) is 0 Å². The second-order valence-electron chi connectivity index (χ2n) is 1.66. The van der Waals surface area contributed by atoms with Gasteiger partial charge < -0.3 is 4.98 Å². The van der Waals surface area contributed by atoms with Crippen LogP contribution >= 0.6 is 0 Å². The molecule has 46 valence electrons. The second kappa shape index (κ2) is 6.58. The molecule has 0 spiro atoms. The van der Waals surface area contributed by atoms with Crippen molar-refractivity contribution in [2.75, 3.05) is 0 Å². The Morgan fingerprint density at radius 2 is 2.38 bits per heavy atom. The van der Waals surface area contributed by atoms with Gasteiger partial charge in [0.15, 0.2) is 0 Å². The lowest BCUT2D eigenvalue weighted by atomic mass is 10.3. The van der Waals surface area contributed by atoms with E-state index in [1.807, 2.05) is 0 Å². The molecule has 1 nitrogen and oxygen atoms in total. The van der Waals surface area contributed by atoms with E-state index in [4.69, 9.17) is 0 Å². The van der Waals surface area contributed by atoms with Crippen LogP contribution in [-0.2, 0) is 0 Å². The van der Waals surface area contributed by atoms with Gasteiger partial charge in [-0.15, -0.1) is 0 Å². The van der Waals surface area contributed by atoms with Crippen molar-refractivity contribution in [1.82, 2.24) is 4.98 Å². The Morgan fingerprint density at radius 3 is 2.88 bits per heavy atom. The summed E-state index contributed by atoms with van der Waals surface area (Å²) in [4.78, 5) is 2.90. The SMILES string of the molecule is CCCCC#CN[SiH3]. The molecule has 2 heteroatoms. The van der Waals surface area contributed by atoms with Crippen LogP contribution in [-0.4, -0.2) is 10.4 Å². The van der Waals surface area contributed by atoms with Crippen LogP contribution in [0.4, 0.5) is 0 Å². The Hall–Kier alpha value is -0.423. The highest BCUT2D eigenvalue weighted by atomic mass is 28.2. The molecule has 0 bridgehead atoms. The smallest absolute Gasteiger partial charge is 0.114 e. The molecule has 8 heavy (non-hydrogen) atoms. The molecule has 0 aliphatic heterocycles. The van der Waals surface area contributed by atoms with E-state index < -0.39 is 0 Å². The molecule has 0 rings (SSSR count). The maximum Gasteiger partial charge on any atom is 0.114 e. The summed E-state index contributed by atoms with van der Waals surface area (Å²) in [6, 6.07) is 2.84. The van der Waals surface area contributed by atoms with E-state index in [9.17, 15) is 0 Å². The predicted molar refractivity (Wildman–Crippen MR) is 40.4 cm³/mol. The van der Waals surface area contributed by atoms with Crippen LogP contribution in [0.1, 0.15) is 26.2 Å². The van der Waals surface area contributed by atoms with Crippen LogP contribution in [0.3, 0.4) is 0 Å². The fraction of sp³-hybridized carbons (Fsp3) is 0.667. The summed E-state index contributed by atoms with van der Waals surface area (Å²) in [5.74, 6) is 3.01. The first-order chi connectivity index (χ1) is 3.91. The summed E-state index contributed by atoms with van der Waals surface area (Å²) in [5.41, 5.74) is 0. The quantitative estimate of drug-likeness (QED) is 0.238. The molecular formula is C6H13NSi. The number of rotatable bonds is 2. The summed E-state index contributed by atoms with van der Waals surface area (Å²) in [5, 5.41) is 0. The second-order valence-corrected chi connectivity index (χ2v) is 2.16. The van der Waals surface area contributed by atoms with Crippen molar-refractivity contribution in [1.29, 1.82) is 0 Å². The topological polar surface area (TPSA) is 12.0 Å². The first-order valence-electron chi connectivity index (χ1n) is 3.06. The fourth-order valence-electron chi connectivity index (χ4n) is 0.416. The van der Waals surface area contributed by atoms with Crippen LogP contribution in [0.5, 0.6) is 0 Å². The molecule has 0 fully saturated rings. The largest absolute Gasteiger partial charge is 0.380 e. The third kappa shape index (κ3) is 5.58. The molecule has 0 amide bonds. The maximum atomic E-state index is 3.01. The molecule has 0 unspecified atom stereocenters. The highest BCUT2D eigenvalue weighted by Gasteiger charge is 1.73. The van der Waals surface area contributed by atoms with Crippen molar-refractivity contribution in [2.45, 2.75) is 26.2 Å². The van der Waals surface area contributed by atoms with Crippen LogP contribution < -0.4 is 4.98 Å². The molecule has 0 aromatic heterocycles. The average molecular weight is 127 g/mol. The van der Waals surface area contributed by atoms with Crippen LogP contribution in [0, 0.1) is 12.0 Å². The van der Waals surface area contributed by atoms with Gasteiger partial charge in [-0.05, 0) is 12.5 Å². The highest BCUT2D eigenvalue weighted by Crippen LogP contribution is 1.89. The molecule has 0 radical (unpaired) electrons. The predicted octanol–water partition coefficient (Wildman–Crippen LogP) is 0.00750. The number of nitrogens with one attached hydrogen (secondary N) is 1. The monoisotopic (exact) mass is 127 g/mol. The number of hydrogen-bond donors (Lipinski definition) is 1. The lowest BCUT2D eigenvalue weighted by Gasteiger charge is -1.82. The Morgan fingerprint density at radius 1 is 1.62 bits per heavy atom. The average Bonchev–Trinajstić information content (AvgIpc) is 1.81. The summed E-state index contributed by atoms with van der Waals surface area (Å²) >= 11 is 0. The summed E-state index contributed by atoms with van der Waals surface area (Å²) in [6.45, 7) is 2.18. The van der Waals surface area contributed by atoms with Crippen LogP contribution in [0.25, 0.3) is 0 Å². The van der Waals surface area contributed by atoms with Crippen molar-refractivity contribution in [3.63, 3.8) is 0 Å². The molecule has 0 atom stereocenters. The maximum absolute atomic E-state index is 3.01. The molecule has 0 aromatic carbocycles. The molecule has 0 aliphatic carbocycles. The Kier molecular flexibility index (Phi) is 6.23. The van der Waals surface area contributed by atoms with Crippen molar-refractivity contribution in [2.24, 2.45) is 0 Å². The minimum atomic E-state index is 0.984. The van der Waals surface area contributed by atoms with Crippen LogP contribution in [0.2, 0.25) is 0 Å². The van der Waals surface area contributed by atoms with E-state index >= 15 is 0 Å². The third-order valence-corrected chi connectivity index (χ3v) is 1.12.